The van der Waals surface area contributed by atoms with Gasteiger partial charge in [-0.2, -0.15) is 0 Å². The van der Waals surface area contributed by atoms with Crippen molar-refractivity contribution in [3.05, 3.63) is 5.82 Å². The summed E-state index contributed by atoms with van der Waals surface area (Å²) in [7, 11) is 0. The highest BCUT2D eigenvalue weighted by Crippen LogP contribution is 2.16. The van der Waals surface area contributed by atoms with Gasteiger partial charge in [-0.1, -0.05) is 0 Å². The summed E-state index contributed by atoms with van der Waals surface area (Å²) in [6, 6.07) is 0.0348. The molecule has 0 aromatic carbocycles. The number of carbonyl (C=O) groups excluding carboxylic acids is 1. The molecule has 17 heavy (non-hydrogen) atoms. The average molecular weight is 238 g/mol. The summed E-state index contributed by atoms with van der Waals surface area (Å²) in [4.78, 5) is 11.1. The van der Waals surface area contributed by atoms with Crippen LogP contribution in [0.4, 0.5) is 5.95 Å². The van der Waals surface area contributed by atoms with Crippen LogP contribution >= 0.6 is 0 Å². The predicted octanol–water partition coefficient (Wildman–Crippen LogP) is -0.510. The molecule has 1 unspecified atom stereocenters. The average Bonchev–Trinajstić information content (AvgIpc) is 2.73. The van der Waals surface area contributed by atoms with Crippen molar-refractivity contribution in [1.29, 1.82) is 0 Å². The highest BCUT2D eigenvalue weighted by atomic mass is 16.2. The molecule has 1 saturated heterocycles. The van der Waals surface area contributed by atoms with Crippen molar-refractivity contribution in [2.75, 3.05) is 25.0 Å². The molecule has 1 aliphatic heterocycles. The second kappa shape index (κ2) is 5.13. The molecule has 3 N–H and O–H groups in total. The molecule has 7 heteroatoms. The van der Waals surface area contributed by atoms with E-state index < -0.39 is 0 Å². The minimum absolute atomic E-state index is 0.0238. The number of aromatic nitrogens is 3. The van der Waals surface area contributed by atoms with Crippen LogP contribution in [0.15, 0.2) is 0 Å². The number of nitrogens with one attached hydrogen (secondary N) is 3. The van der Waals surface area contributed by atoms with Gasteiger partial charge in [0, 0.05) is 19.6 Å². The Hall–Kier alpha value is -1.63. The van der Waals surface area contributed by atoms with Gasteiger partial charge in [-0.25, -0.2) is 0 Å². The lowest BCUT2D eigenvalue weighted by Crippen LogP contribution is -2.47. The van der Waals surface area contributed by atoms with Crippen LogP contribution in [0.3, 0.4) is 0 Å². The van der Waals surface area contributed by atoms with Gasteiger partial charge in [0.25, 0.3) is 0 Å². The summed E-state index contributed by atoms with van der Waals surface area (Å²) in [6.07, 6.45) is 0. The van der Waals surface area contributed by atoms with Crippen LogP contribution in [-0.4, -0.2) is 40.3 Å². The van der Waals surface area contributed by atoms with Crippen molar-refractivity contribution >= 4 is 11.9 Å². The van der Waals surface area contributed by atoms with Gasteiger partial charge in [0.05, 0.1) is 12.6 Å². The molecule has 0 aliphatic carbocycles. The topological polar surface area (TPSA) is 83.9 Å². The Kier molecular flexibility index (Phi) is 3.58. The molecule has 7 nitrogen and oxygen atoms in total. The highest BCUT2D eigenvalue weighted by molar-refractivity contribution is 5.78. The zero-order valence-electron chi connectivity index (χ0n) is 10.2. The first kappa shape index (κ1) is 11.8. The van der Waals surface area contributed by atoms with Crippen LogP contribution in [0.25, 0.3) is 0 Å². The largest absolute Gasteiger partial charge is 0.355 e. The molecular weight excluding hydrogens is 220 g/mol. The number of amides is 1. The fourth-order valence-corrected chi connectivity index (χ4v) is 1.92. The van der Waals surface area contributed by atoms with E-state index in [1.807, 2.05) is 11.5 Å². The zero-order chi connectivity index (χ0) is 12.3. The normalized spacial score (nSPS) is 20.1. The van der Waals surface area contributed by atoms with Gasteiger partial charge < -0.3 is 10.6 Å². The SMILES string of the molecule is CCNc1nnc(C2CNC(=O)CN2)n1CC. The van der Waals surface area contributed by atoms with E-state index in [1.54, 1.807) is 0 Å². The quantitative estimate of drug-likeness (QED) is 0.658. The van der Waals surface area contributed by atoms with E-state index in [2.05, 4.69) is 33.1 Å². The summed E-state index contributed by atoms with van der Waals surface area (Å²) >= 11 is 0. The molecule has 0 bridgehead atoms. The summed E-state index contributed by atoms with van der Waals surface area (Å²) in [6.45, 7) is 6.58. The second-order valence-corrected chi connectivity index (χ2v) is 3.89. The zero-order valence-corrected chi connectivity index (χ0v) is 10.2. The summed E-state index contributed by atoms with van der Waals surface area (Å²) < 4.78 is 2.03. The standard InChI is InChI=1S/C10H18N6O/c1-3-11-10-15-14-9(16(10)4-2)7-5-13-8(17)6-12-7/h7,12H,3-6H2,1-2H3,(H,11,15)(H,13,17). The Morgan fingerprint density at radius 2 is 2.29 bits per heavy atom. The van der Waals surface area contributed by atoms with Crippen molar-refractivity contribution in [1.82, 2.24) is 25.4 Å². The first-order valence-electron chi connectivity index (χ1n) is 5.93. The van der Waals surface area contributed by atoms with E-state index in [0.717, 1.165) is 24.9 Å². The molecule has 0 spiro atoms. The van der Waals surface area contributed by atoms with E-state index in [0.29, 0.717) is 13.1 Å². The number of hydrogen-bond acceptors (Lipinski definition) is 5. The number of rotatable bonds is 4. The molecule has 1 atom stereocenters. The van der Waals surface area contributed by atoms with Gasteiger partial charge in [-0.15, -0.1) is 10.2 Å². The van der Waals surface area contributed by atoms with Crippen molar-refractivity contribution in [2.45, 2.75) is 26.4 Å². The number of carbonyl (C=O) groups is 1. The molecule has 1 aliphatic rings. The van der Waals surface area contributed by atoms with E-state index in [9.17, 15) is 4.79 Å². The Balaban J connectivity index is 2.17. The van der Waals surface area contributed by atoms with E-state index in [4.69, 9.17) is 0 Å². The van der Waals surface area contributed by atoms with Crippen molar-refractivity contribution in [3.63, 3.8) is 0 Å². The van der Waals surface area contributed by atoms with Crippen LogP contribution in [0.1, 0.15) is 25.7 Å². The van der Waals surface area contributed by atoms with E-state index in [-0.39, 0.29) is 11.9 Å². The lowest BCUT2D eigenvalue weighted by atomic mass is 10.2. The second-order valence-electron chi connectivity index (χ2n) is 3.89. The predicted molar refractivity (Wildman–Crippen MR) is 63.6 cm³/mol. The van der Waals surface area contributed by atoms with Gasteiger partial charge in [-0.3, -0.25) is 14.7 Å². The number of anilines is 1. The fraction of sp³-hybridized carbons (Fsp3) is 0.700. The van der Waals surface area contributed by atoms with Crippen molar-refractivity contribution < 1.29 is 4.79 Å². The van der Waals surface area contributed by atoms with Crippen LogP contribution < -0.4 is 16.0 Å². The summed E-state index contributed by atoms with van der Waals surface area (Å²) in [5.41, 5.74) is 0. The minimum Gasteiger partial charge on any atom is -0.355 e. The van der Waals surface area contributed by atoms with Crippen LogP contribution in [0, 0.1) is 0 Å². The monoisotopic (exact) mass is 238 g/mol. The maximum Gasteiger partial charge on any atom is 0.234 e. The van der Waals surface area contributed by atoms with Crippen LogP contribution in [-0.2, 0) is 11.3 Å². The Bertz CT molecular complexity index is 392. The molecule has 1 fully saturated rings. The number of piperazine rings is 1. The molecule has 0 saturated carbocycles. The number of hydrogen-bond donors (Lipinski definition) is 3. The third-order valence-corrected chi connectivity index (χ3v) is 2.75. The Morgan fingerprint density at radius 3 is 2.88 bits per heavy atom. The minimum atomic E-state index is 0.0238. The summed E-state index contributed by atoms with van der Waals surface area (Å²) in [5, 5.41) is 17.5. The third-order valence-electron chi connectivity index (χ3n) is 2.75. The van der Waals surface area contributed by atoms with E-state index in [1.165, 1.54) is 0 Å². The lowest BCUT2D eigenvalue weighted by Gasteiger charge is -2.23. The highest BCUT2D eigenvalue weighted by Gasteiger charge is 2.24. The maximum atomic E-state index is 11.1. The van der Waals surface area contributed by atoms with Gasteiger partial charge in [-0.05, 0) is 13.8 Å². The first-order valence-corrected chi connectivity index (χ1v) is 5.93. The molecular formula is C10H18N6O. The Morgan fingerprint density at radius 1 is 1.47 bits per heavy atom. The van der Waals surface area contributed by atoms with Gasteiger partial charge >= 0.3 is 0 Å². The fourth-order valence-electron chi connectivity index (χ4n) is 1.92. The summed E-state index contributed by atoms with van der Waals surface area (Å²) in [5.74, 6) is 1.67. The van der Waals surface area contributed by atoms with Crippen LogP contribution in [0.2, 0.25) is 0 Å². The van der Waals surface area contributed by atoms with Gasteiger partial charge in [0.1, 0.15) is 0 Å². The van der Waals surface area contributed by atoms with Crippen LogP contribution in [0.5, 0.6) is 0 Å². The Labute approximate surface area is 100.0 Å². The number of nitrogens with zero attached hydrogens (tertiary/aromatic N) is 3. The van der Waals surface area contributed by atoms with Crippen molar-refractivity contribution in [2.24, 2.45) is 0 Å². The molecule has 2 rings (SSSR count). The molecule has 1 aromatic heterocycles. The third kappa shape index (κ3) is 2.38. The molecule has 1 aromatic rings. The molecule has 1 amide bonds. The molecule has 0 radical (unpaired) electrons. The first-order chi connectivity index (χ1) is 8.26. The van der Waals surface area contributed by atoms with Gasteiger partial charge in [0.2, 0.25) is 11.9 Å². The van der Waals surface area contributed by atoms with Crippen molar-refractivity contribution in [3.8, 4) is 0 Å². The smallest absolute Gasteiger partial charge is 0.234 e. The van der Waals surface area contributed by atoms with E-state index >= 15 is 0 Å². The molecule has 2 heterocycles. The lowest BCUT2D eigenvalue weighted by molar-refractivity contribution is -0.121. The molecule has 94 valence electrons. The maximum absolute atomic E-state index is 11.1. The van der Waals surface area contributed by atoms with Gasteiger partial charge in [0.15, 0.2) is 5.82 Å².